The van der Waals surface area contributed by atoms with Gasteiger partial charge in [0.1, 0.15) is 4.90 Å². The van der Waals surface area contributed by atoms with Gasteiger partial charge in [0.15, 0.2) is 0 Å². The molecule has 10 heteroatoms. The monoisotopic (exact) mass is 374 g/mol. The molecule has 0 bridgehead atoms. The first-order valence-electron chi connectivity index (χ1n) is 7.22. The van der Waals surface area contributed by atoms with E-state index >= 15 is 0 Å². The number of rotatable bonds is 7. The Labute approximate surface area is 146 Å². The average molecular weight is 374 g/mol. The van der Waals surface area contributed by atoms with Crippen LogP contribution in [0.5, 0.6) is 0 Å². The van der Waals surface area contributed by atoms with E-state index in [0.717, 1.165) is 16.1 Å². The maximum absolute atomic E-state index is 11.9. The zero-order valence-electron chi connectivity index (χ0n) is 14.1. The second-order valence-electron chi connectivity index (χ2n) is 5.56. The average Bonchev–Trinajstić information content (AvgIpc) is 2.51. The first-order valence-corrected chi connectivity index (χ1v) is 9.64. The molecule has 0 fully saturated rings. The fourth-order valence-electron chi connectivity index (χ4n) is 1.46. The van der Waals surface area contributed by atoms with E-state index in [1.807, 2.05) is 13.8 Å². The summed E-state index contributed by atoms with van der Waals surface area (Å²) in [5.74, 6) is -0.156. The molecule has 8 nitrogen and oxygen atoms in total. The number of carbonyl (C=O) groups excluding carboxylic acids is 2. The molecule has 2 N–H and O–H groups in total. The normalized spacial score (nSPS) is 11.6. The van der Waals surface area contributed by atoms with Crippen molar-refractivity contribution in [2.75, 3.05) is 26.4 Å². The molecule has 0 aliphatic carbocycles. The lowest BCUT2D eigenvalue weighted by atomic mass is 10.2. The lowest BCUT2D eigenvalue weighted by Gasteiger charge is -2.11. The summed E-state index contributed by atoms with van der Waals surface area (Å²) in [7, 11) is -0.651. The SMILES string of the molecule is CC(C)CNC(=O)NC(=O)CSc1ccc(S(=O)(=O)N(C)C)cn1. The fourth-order valence-corrected chi connectivity index (χ4v) is 2.95. The largest absolute Gasteiger partial charge is 0.338 e. The standard InChI is InChI=1S/C14H22N4O4S2/c1-10(2)7-16-14(20)17-12(19)9-23-13-6-5-11(8-15-13)24(21,22)18(3)4/h5-6,8,10H,7,9H2,1-4H3,(H2,16,17,19,20). The van der Waals surface area contributed by atoms with E-state index in [0.29, 0.717) is 17.5 Å². The molecule has 24 heavy (non-hydrogen) atoms. The van der Waals surface area contributed by atoms with E-state index in [2.05, 4.69) is 15.6 Å². The van der Waals surface area contributed by atoms with Gasteiger partial charge in [-0.3, -0.25) is 10.1 Å². The summed E-state index contributed by atoms with van der Waals surface area (Å²) in [6.07, 6.45) is 1.24. The zero-order chi connectivity index (χ0) is 18.3. The van der Waals surface area contributed by atoms with Gasteiger partial charge in [0.25, 0.3) is 0 Å². The van der Waals surface area contributed by atoms with Crippen molar-refractivity contribution in [1.82, 2.24) is 19.9 Å². The van der Waals surface area contributed by atoms with Gasteiger partial charge < -0.3 is 5.32 Å². The Hall–Kier alpha value is -1.65. The summed E-state index contributed by atoms with van der Waals surface area (Å²) in [5, 5.41) is 5.29. The number of sulfonamides is 1. The smallest absolute Gasteiger partial charge is 0.321 e. The topological polar surface area (TPSA) is 108 Å². The molecule has 134 valence electrons. The van der Waals surface area contributed by atoms with Gasteiger partial charge in [-0.1, -0.05) is 25.6 Å². The highest BCUT2D eigenvalue weighted by Crippen LogP contribution is 2.18. The van der Waals surface area contributed by atoms with Crippen LogP contribution in [0.4, 0.5) is 4.79 Å². The predicted octanol–water partition coefficient (Wildman–Crippen LogP) is 0.906. The highest BCUT2D eigenvalue weighted by Gasteiger charge is 2.17. The van der Waals surface area contributed by atoms with Crippen molar-refractivity contribution in [3.63, 3.8) is 0 Å². The number of amides is 3. The second kappa shape index (κ2) is 9.00. The third-order valence-corrected chi connectivity index (χ3v) is 5.51. The molecule has 0 unspecified atom stereocenters. The van der Waals surface area contributed by atoms with Crippen LogP contribution in [-0.2, 0) is 14.8 Å². The van der Waals surface area contributed by atoms with Gasteiger partial charge in [0.2, 0.25) is 15.9 Å². The zero-order valence-corrected chi connectivity index (χ0v) is 15.7. The van der Waals surface area contributed by atoms with E-state index in [4.69, 9.17) is 0 Å². The lowest BCUT2D eigenvalue weighted by Crippen LogP contribution is -2.41. The molecule has 0 saturated heterocycles. The maximum atomic E-state index is 11.9. The number of aromatic nitrogens is 1. The molecule has 1 rings (SSSR count). The summed E-state index contributed by atoms with van der Waals surface area (Å²) in [5.41, 5.74) is 0. The number of pyridine rings is 1. The molecule has 1 heterocycles. The number of hydrogen-bond acceptors (Lipinski definition) is 6. The predicted molar refractivity (Wildman–Crippen MR) is 92.2 cm³/mol. The summed E-state index contributed by atoms with van der Waals surface area (Å²) < 4.78 is 24.9. The summed E-state index contributed by atoms with van der Waals surface area (Å²) in [6.45, 7) is 4.38. The number of carbonyl (C=O) groups is 2. The minimum atomic E-state index is -3.52. The van der Waals surface area contributed by atoms with Crippen LogP contribution in [0.1, 0.15) is 13.8 Å². The Bertz CT molecular complexity index is 673. The van der Waals surface area contributed by atoms with Gasteiger partial charge >= 0.3 is 6.03 Å². The van der Waals surface area contributed by atoms with Gasteiger partial charge in [0.05, 0.1) is 10.8 Å². The fraction of sp³-hybridized carbons (Fsp3) is 0.500. The Kier molecular flexibility index (Phi) is 7.64. The third-order valence-electron chi connectivity index (χ3n) is 2.76. The maximum Gasteiger partial charge on any atom is 0.321 e. The first-order chi connectivity index (χ1) is 11.1. The number of thioether (sulfide) groups is 1. The van der Waals surface area contributed by atoms with E-state index in [1.165, 1.54) is 32.4 Å². The lowest BCUT2D eigenvalue weighted by molar-refractivity contribution is -0.117. The van der Waals surface area contributed by atoms with E-state index in [9.17, 15) is 18.0 Å². The van der Waals surface area contributed by atoms with Gasteiger partial charge in [-0.2, -0.15) is 0 Å². The number of nitrogens with zero attached hydrogens (tertiary/aromatic N) is 2. The molecule has 3 amide bonds. The van der Waals surface area contributed by atoms with Crippen LogP contribution in [0.25, 0.3) is 0 Å². The van der Waals surface area contributed by atoms with Crippen LogP contribution in [0.15, 0.2) is 28.3 Å². The Morgan fingerprint density at radius 2 is 1.96 bits per heavy atom. The van der Waals surface area contributed by atoms with Gasteiger partial charge in [-0.25, -0.2) is 22.5 Å². The third kappa shape index (κ3) is 6.46. The molecule has 0 saturated carbocycles. The molecule has 0 aliphatic rings. The summed E-state index contributed by atoms with van der Waals surface area (Å²) in [4.78, 5) is 27.2. The number of urea groups is 1. The van der Waals surface area contributed by atoms with Crippen molar-refractivity contribution in [3.05, 3.63) is 18.3 Å². The summed E-state index contributed by atoms with van der Waals surface area (Å²) >= 11 is 1.11. The van der Waals surface area contributed by atoms with Crippen LogP contribution in [0.3, 0.4) is 0 Å². The molecule has 0 spiro atoms. The van der Waals surface area contributed by atoms with Crippen molar-refractivity contribution in [3.8, 4) is 0 Å². The molecule has 1 aromatic rings. The van der Waals surface area contributed by atoms with Crippen molar-refractivity contribution in [2.24, 2.45) is 5.92 Å². The van der Waals surface area contributed by atoms with Gasteiger partial charge in [-0.15, -0.1) is 0 Å². The number of hydrogen-bond donors (Lipinski definition) is 2. The van der Waals surface area contributed by atoms with Crippen molar-refractivity contribution < 1.29 is 18.0 Å². The highest BCUT2D eigenvalue weighted by molar-refractivity contribution is 7.99. The Morgan fingerprint density at radius 1 is 1.29 bits per heavy atom. The molecule has 0 aliphatic heterocycles. The molecular weight excluding hydrogens is 352 g/mol. The van der Waals surface area contributed by atoms with Crippen LogP contribution < -0.4 is 10.6 Å². The number of imide groups is 1. The van der Waals surface area contributed by atoms with Crippen LogP contribution in [0, 0.1) is 5.92 Å². The van der Waals surface area contributed by atoms with E-state index in [1.54, 1.807) is 0 Å². The molecule has 0 aromatic carbocycles. The molecule has 1 aromatic heterocycles. The minimum absolute atomic E-state index is 0.00186. The Morgan fingerprint density at radius 3 is 2.46 bits per heavy atom. The van der Waals surface area contributed by atoms with Crippen molar-refractivity contribution in [1.29, 1.82) is 0 Å². The molecular formula is C14H22N4O4S2. The van der Waals surface area contributed by atoms with Crippen molar-refractivity contribution in [2.45, 2.75) is 23.8 Å². The second-order valence-corrected chi connectivity index (χ2v) is 8.71. The van der Waals surface area contributed by atoms with Crippen molar-refractivity contribution >= 4 is 33.7 Å². The Balaban J connectivity index is 2.51. The van der Waals surface area contributed by atoms with Gasteiger partial charge in [-0.05, 0) is 18.1 Å². The number of nitrogens with one attached hydrogen (secondary N) is 2. The minimum Gasteiger partial charge on any atom is -0.338 e. The van der Waals surface area contributed by atoms with Crippen LogP contribution in [-0.4, -0.2) is 56.0 Å². The first kappa shape index (κ1) is 20.4. The van der Waals surface area contributed by atoms with Crippen LogP contribution in [0.2, 0.25) is 0 Å². The molecule has 0 radical (unpaired) electrons. The van der Waals surface area contributed by atoms with E-state index < -0.39 is 22.0 Å². The molecule has 0 atom stereocenters. The van der Waals surface area contributed by atoms with Crippen LogP contribution >= 0.6 is 11.8 Å². The quantitative estimate of drug-likeness (QED) is 0.687. The highest BCUT2D eigenvalue weighted by atomic mass is 32.2. The van der Waals surface area contributed by atoms with Gasteiger partial charge in [0, 0.05) is 26.8 Å². The van der Waals surface area contributed by atoms with E-state index in [-0.39, 0.29) is 10.6 Å². The summed E-state index contributed by atoms with van der Waals surface area (Å²) in [6, 6.07) is 2.42.